The smallest absolute Gasteiger partial charge is 0.267 e. The Morgan fingerprint density at radius 2 is 1.89 bits per heavy atom. The maximum absolute atomic E-state index is 14.4. The number of rotatable bonds is 12. The molecule has 1 aliphatic rings. The van der Waals surface area contributed by atoms with Crippen LogP contribution >= 0.6 is 0 Å². The first-order valence-corrected chi connectivity index (χ1v) is 12.2. The van der Waals surface area contributed by atoms with E-state index in [1.807, 2.05) is 13.0 Å². The number of hydrogen-bond acceptors (Lipinski definition) is 6. The van der Waals surface area contributed by atoms with Gasteiger partial charge in [0, 0.05) is 31.8 Å². The Labute approximate surface area is 209 Å². The molecule has 10 heteroatoms. The van der Waals surface area contributed by atoms with Gasteiger partial charge in [-0.3, -0.25) is 19.9 Å². The number of carbonyl (C=O) groups excluding carboxylic acids is 2. The van der Waals surface area contributed by atoms with Gasteiger partial charge in [-0.05, 0) is 30.0 Å². The molecule has 1 aromatic heterocycles. The Kier molecular flexibility index (Phi) is 9.86. The molecule has 0 saturated carbocycles. The lowest BCUT2D eigenvalue weighted by Crippen LogP contribution is -2.56. The summed E-state index contributed by atoms with van der Waals surface area (Å²) in [5.41, 5.74) is 1.50. The Morgan fingerprint density at radius 3 is 2.56 bits per heavy atom. The van der Waals surface area contributed by atoms with Gasteiger partial charge in [0.1, 0.15) is 6.23 Å². The molecule has 1 saturated heterocycles. The highest BCUT2D eigenvalue weighted by Crippen LogP contribution is 2.34. The van der Waals surface area contributed by atoms with E-state index in [4.69, 9.17) is 0 Å². The summed E-state index contributed by atoms with van der Waals surface area (Å²) in [6, 6.07) is 10.2. The highest BCUT2D eigenvalue weighted by molar-refractivity contribution is 5.84. The van der Waals surface area contributed by atoms with E-state index in [0.717, 1.165) is 22.4 Å². The van der Waals surface area contributed by atoms with Crippen LogP contribution in [0.4, 0.5) is 8.78 Å². The summed E-state index contributed by atoms with van der Waals surface area (Å²) < 4.78 is 28.8. The molecule has 4 atom stereocenters. The highest BCUT2D eigenvalue weighted by Gasteiger charge is 2.51. The topological polar surface area (TPSA) is 115 Å². The molecule has 0 radical (unpaired) electrons. The van der Waals surface area contributed by atoms with Gasteiger partial charge in [-0.25, -0.2) is 8.78 Å². The zero-order valence-corrected chi connectivity index (χ0v) is 20.3. The van der Waals surface area contributed by atoms with E-state index in [-0.39, 0.29) is 25.3 Å². The predicted molar refractivity (Wildman–Crippen MR) is 130 cm³/mol. The van der Waals surface area contributed by atoms with Crippen LogP contribution in [0.1, 0.15) is 43.7 Å². The van der Waals surface area contributed by atoms with Crippen molar-refractivity contribution in [2.75, 3.05) is 6.54 Å². The molecular formula is C26H34F2N4O4. The number of nitrogens with one attached hydrogen (secondary N) is 2. The molecule has 2 aromatic rings. The molecule has 36 heavy (non-hydrogen) atoms. The first-order chi connectivity index (χ1) is 17.2. The number of halogens is 2. The van der Waals surface area contributed by atoms with Crippen LogP contribution in [0.15, 0.2) is 54.9 Å². The number of aliphatic hydroxyl groups excluding tert-OH is 2. The summed E-state index contributed by atoms with van der Waals surface area (Å²) >= 11 is 0. The number of unbranched alkanes of at least 4 members (excludes halogenated alkanes) is 1. The van der Waals surface area contributed by atoms with E-state index in [1.165, 1.54) is 0 Å². The molecule has 8 nitrogen and oxygen atoms in total. The number of benzene rings is 1. The third-order valence-electron chi connectivity index (χ3n) is 6.23. The van der Waals surface area contributed by atoms with Gasteiger partial charge in [0.25, 0.3) is 11.8 Å². The summed E-state index contributed by atoms with van der Waals surface area (Å²) in [6.45, 7) is 1.17. The lowest BCUT2D eigenvalue weighted by Gasteiger charge is -2.32. The van der Waals surface area contributed by atoms with E-state index < -0.39 is 49.2 Å². The van der Waals surface area contributed by atoms with Crippen LogP contribution in [0.5, 0.6) is 0 Å². The highest BCUT2D eigenvalue weighted by atomic mass is 19.3. The molecule has 2 amide bonds. The van der Waals surface area contributed by atoms with Crippen LogP contribution in [0.2, 0.25) is 0 Å². The zero-order valence-electron chi connectivity index (χ0n) is 20.3. The second kappa shape index (κ2) is 12.8. The normalized spacial score (nSPS) is 19.5. The van der Waals surface area contributed by atoms with Gasteiger partial charge in [0.2, 0.25) is 5.91 Å². The van der Waals surface area contributed by atoms with Crippen LogP contribution in [-0.2, 0) is 22.6 Å². The summed E-state index contributed by atoms with van der Waals surface area (Å²) in [4.78, 5) is 30.5. The van der Waals surface area contributed by atoms with Crippen molar-refractivity contribution in [1.29, 1.82) is 0 Å². The van der Waals surface area contributed by atoms with Crippen LogP contribution < -0.4 is 10.6 Å². The second-order valence-electron chi connectivity index (χ2n) is 9.19. The monoisotopic (exact) mass is 504 g/mol. The van der Waals surface area contributed by atoms with Crippen molar-refractivity contribution in [3.63, 3.8) is 0 Å². The molecule has 0 aliphatic carbocycles. The number of pyridine rings is 1. The minimum atomic E-state index is -3.23. The first kappa shape index (κ1) is 27.6. The number of amides is 2. The number of aliphatic hydroxyl groups is 2. The average molecular weight is 505 g/mol. The molecule has 1 fully saturated rings. The molecule has 196 valence electrons. The Balaban J connectivity index is 1.74. The second-order valence-corrected chi connectivity index (χ2v) is 9.19. The van der Waals surface area contributed by atoms with Gasteiger partial charge in [0.05, 0.1) is 18.6 Å². The standard InChI is InChI=1S/C26H34F2N4O4/c1-2-3-11-22(33)31-20(13-18-8-5-4-6-9-18)23(34)25(36)32-17-26(27,28)14-21(32)24(35)30-16-19-10-7-12-29-15-19/h4-10,12,15,20-21,23-24,30,34-35H,2-3,11,13-14,16-17H2,1H3,(H,31,33)/t20-,21-,23-,24?/m0/s1. The SMILES string of the molecule is CCCCC(=O)N[C@@H](Cc1ccccc1)[C@H](O)C(=O)N1CC(F)(F)C[C@H]1C(O)NCc1cccnc1. The summed E-state index contributed by atoms with van der Waals surface area (Å²) in [7, 11) is 0. The van der Waals surface area contributed by atoms with E-state index in [1.54, 1.807) is 48.8 Å². The molecule has 2 heterocycles. The molecule has 1 aliphatic heterocycles. The number of likely N-dealkylation sites (tertiary alicyclic amines) is 1. The van der Waals surface area contributed by atoms with Gasteiger partial charge in [-0.1, -0.05) is 49.7 Å². The Morgan fingerprint density at radius 1 is 1.17 bits per heavy atom. The van der Waals surface area contributed by atoms with Crippen LogP contribution in [-0.4, -0.2) is 68.8 Å². The third kappa shape index (κ3) is 7.78. The molecule has 0 bridgehead atoms. The molecule has 1 unspecified atom stereocenters. The number of aromatic nitrogens is 1. The Hall–Kier alpha value is -2.95. The van der Waals surface area contributed by atoms with Crippen molar-refractivity contribution in [3.8, 4) is 0 Å². The first-order valence-electron chi connectivity index (χ1n) is 12.2. The van der Waals surface area contributed by atoms with Crippen LogP contribution in [0, 0.1) is 0 Å². The summed E-state index contributed by atoms with van der Waals surface area (Å²) in [5.74, 6) is -4.52. The number of alkyl halides is 2. The fourth-order valence-electron chi connectivity index (χ4n) is 4.30. The van der Waals surface area contributed by atoms with Crippen molar-refractivity contribution in [2.24, 2.45) is 0 Å². The molecule has 1 aromatic carbocycles. The fourth-order valence-corrected chi connectivity index (χ4v) is 4.30. The van der Waals surface area contributed by atoms with Gasteiger partial charge >= 0.3 is 0 Å². The molecule has 0 spiro atoms. The van der Waals surface area contributed by atoms with Crippen molar-refractivity contribution in [1.82, 2.24) is 20.5 Å². The van der Waals surface area contributed by atoms with Gasteiger partial charge in [-0.2, -0.15) is 0 Å². The quantitative estimate of drug-likeness (QED) is 0.329. The summed E-state index contributed by atoms with van der Waals surface area (Å²) in [5, 5.41) is 27.1. The maximum Gasteiger partial charge on any atom is 0.267 e. The van der Waals surface area contributed by atoms with E-state index in [9.17, 15) is 28.6 Å². The lowest BCUT2D eigenvalue weighted by atomic mass is 9.99. The van der Waals surface area contributed by atoms with Crippen molar-refractivity contribution < 1.29 is 28.6 Å². The van der Waals surface area contributed by atoms with E-state index in [0.29, 0.717) is 6.42 Å². The largest absolute Gasteiger partial charge is 0.381 e. The molecular weight excluding hydrogens is 470 g/mol. The van der Waals surface area contributed by atoms with E-state index >= 15 is 0 Å². The molecule has 4 N–H and O–H groups in total. The predicted octanol–water partition coefficient (Wildman–Crippen LogP) is 2.00. The van der Waals surface area contributed by atoms with Crippen molar-refractivity contribution in [2.45, 2.75) is 75.9 Å². The lowest BCUT2D eigenvalue weighted by molar-refractivity contribution is -0.146. The fraction of sp³-hybridized carbons (Fsp3) is 0.500. The van der Waals surface area contributed by atoms with Crippen molar-refractivity contribution >= 4 is 11.8 Å². The van der Waals surface area contributed by atoms with Crippen LogP contribution in [0.25, 0.3) is 0 Å². The minimum absolute atomic E-state index is 0.141. The number of hydrogen-bond donors (Lipinski definition) is 4. The average Bonchev–Trinajstić information content (AvgIpc) is 3.21. The molecule has 3 rings (SSSR count). The summed E-state index contributed by atoms with van der Waals surface area (Å²) in [6.07, 6.45) is 0.998. The van der Waals surface area contributed by atoms with E-state index in [2.05, 4.69) is 15.6 Å². The van der Waals surface area contributed by atoms with Crippen molar-refractivity contribution in [3.05, 3.63) is 66.0 Å². The van der Waals surface area contributed by atoms with Gasteiger partial charge in [-0.15, -0.1) is 0 Å². The van der Waals surface area contributed by atoms with Gasteiger partial charge < -0.3 is 20.4 Å². The van der Waals surface area contributed by atoms with Gasteiger partial charge in [0.15, 0.2) is 6.10 Å². The number of carbonyl (C=O) groups is 2. The van der Waals surface area contributed by atoms with Crippen LogP contribution in [0.3, 0.4) is 0 Å². The number of nitrogens with zero attached hydrogens (tertiary/aromatic N) is 2. The zero-order chi connectivity index (χ0) is 26.1. The Bertz CT molecular complexity index is 980. The third-order valence-corrected chi connectivity index (χ3v) is 6.23. The maximum atomic E-state index is 14.4. The minimum Gasteiger partial charge on any atom is -0.381 e.